The van der Waals surface area contributed by atoms with Crippen molar-refractivity contribution in [1.29, 1.82) is 0 Å². The van der Waals surface area contributed by atoms with E-state index in [9.17, 15) is 13.2 Å². The predicted molar refractivity (Wildman–Crippen MR) is 73.1 cm³/mol. The third kappa shape index (κ3) is 3.04. The smallest absolute Gasteiger partial charge is 0.230 e. The number of halogens is 3. The Morgan fingerprint density at radius 1 is 0.952 bits per heavy atom. The maximum atomic E-state index is 13.8. The zero-order valence-corrected chi connectivity index (χ0v) is 11.6. The van der Waals surface area contributed by atoms with Crippen molar-refractivity contribution in [3.05, 3.63) is 29.6 Å². The molecule has 2 aromatic rings. The van der Waals surface area contributed by atoms with Gasteiger partial charge in [-0.15, -0.1) is 0 Å². The molecule has 0 amide bonds. The Balaban J connectivity index is 2.57. The standard InChI is InChI=1S/C13H14F3N5/c1-3-21(4-2)13-19-11(18-12(17)20-13)7-5-9(15)10(16)6-8(7)14/h5-6H,3-4H2,1-2H3,(H2,17,18,19,20). The van der Waals surface area contributed by atoms with Crippen LogP contribution in [-0.4, -0.2) is 28.0 Å². The van der Waals surface area contributed by atoms with Crippen LogP contribution in [0, 0.1) is 17.5 Å². The monoisotopic (exact) mass is 297 g/mol. The summed E-state index contributed by atoms with van der Waals surface area (Å²) < 4.78 is 40.0. The van der Waals surface area contributed by atoms with Crippen molar-refractivity contribution >= 4 is 11.9 Å². The molecule has 1 aromatic heterocycles. The van der Waals surface area contributed by atoms with Crippen molar-refractivity contribution in [3.8, 4) is 11.4 Å². The Labute approximate surface area is 119 Å². The molecule has 2 N–H and O–H groups in total. The van der Waals surface area contributed by atoms with Crippen LogP contribution in [-0.2, 0) is 0 Å². The van der Waals surface area contributed by atoms with Crippen molar-refractivity contribution in [2.45, 2.75) is 13.8 Å². The molecular formula is C13H14F3N5. The average molecular weight is 297 g/mol. The SMILES string of the molecule is CCN(CC)c1nc(N)nc(-c2cc(F)c(F)cc2F)n1. The summed E-state index contributed by atoms with van der Waals surface area (Å²) >= 11 is 0. The van der Waals surface area contributed by atoms with Crippen LogP contribution in [0.3, 0.4) is 0 Å². The Morgan fingerprint density at radius 3 is 2.19 bits per heavy atom. The fourth-order valence-electron chi connectivity index (χ4n) is 1.84. The lowest BCUT2D eigenvalue weighted by atomic mass is 10.2. The van der Waals surface area contributed by atoms with E-state index in [0.29, 0.717) is 25.2 Å². The van der Waals surface area contributed by atoms with Gasteiger partial charge in [0.2, 0.25) is 11.9 Å². The summed E-state index contributed by atoms with van der Waals surface area (Å²) in [5, 5.41) is 0. The Bertz CT molecular complexity index is 658. The van der Waals surface area contributed by atoms with E-state index in [1.807, 2.05) is 13.8 Å². The first kappa shape index (κ1) is 15.0. The first-order valence-corrected chi connectivity index (χ1v) is 6.37. The highest BCUT2D eigenvalue weighted by atomic mass is 19.2. The molecule has 21 heavy (non-hydrogen) atoms. The van der Waals surface area contributed by atoms with Crippen molar-refractivity contribution in [2.75, 3.05) is 23.7 Å². The quantitative estimate of drug-likeness (QED) is 0.878. The molecule has 8 heteroatoms. The summed E-state index contributed by atoms with van der Waals surface area (Å²) in [6, 6.07) is 1.15. The minimum absolute atomic E-state index is 0.119. The van der Waals surface area contributed by atoms with Crippen LogP contribution in [0.4, 0.5) is 25.1 Å². The Kier molecular flexibility index (Phi) is 4.25. The molecule has 112 valence electrons. The number of nitrogens with two attached hydrogens (primary N) is 1. The number of aromatic nitrogens is 3. The predicted octanol–water partition coefficient (Wildman–Crippen LogP) is 2.38. The number of hydrogen-bond donors (Lipinski definition) is 1. The Morgan fingerprint density at radius 2 is 1.57 bits per heavy atom. The summed E-state index contributed by atoms with van der Waals surface area (Å²) in [7, 11) is 0. The third-order valence-electron chi connectivity index (χ3n) is 2.94. The number of anilines is 2. The second-order valence-electron chi connectivity index (χ2n) is 4.24. The second-order valence-corrected chi connectivity index (χ2v) is 4.24. The summed E-state index contributed by atoms with van der Waals surface area (Å²) in [6.07, 6.45) is 0. The molecule has 0 unspecified atom stereocenters. The first-order valence-electron chi connectivity index (χ1n) is 6.37. The summed E-state index contributed by atoms with van der Waals surface area (Å²) in [5.41, 5.74) is 5.32. The van der Waals surface area contributed by atoms with E-state index in [-0.39, 0.29) is 23.3 Å². The number of benzene rings is 1. The van der Waals surface area contributed by atoms with E-state index in [1.54, 1.807) is 4.90 Å². The molecule has 0 fully saturated rings. The van der Waals surface area contributed by atoms with Gasteiger partial charge in [-0.05, 0) is 19.9 Å². The molecule has 0 bridgehead atoms. The van der Waals surface area contributed by atoms with Crippen molar-refractivity contribution in [1.82, 2.24) is 15.0 Å². The highest BCUT2D eigenvalue weighted by Crippen LogP contribution is 2.24. The molecule has 0 aliphatic carbocycles. The normalized spacial score (nSPS) is 10.7. The van der Waals surface area contributed by atoms with Crippen molar-refractivity contribution in [3.63, 3.8) is 0 Å². The van der Waals surface area contributed by atoms with Crippen molar-refractivity contribution in [2.24, 2.45) is 0 Å². The molecular weight excluding hydrogens is 283 g/mol. The third-order valence-corrected chi connectivity index (χ3v) is 2.94. The molecule has 0 saturated heterocycles. The highest BCUT2D eigenvalue weighted by molar-refractivity contribution is 5.59. The first-order chi connectivity index (χ1) is 9.96. The van der Waals surface area contributed by atoms with E-state index in [0.717, 1.165) is 0 Å². The van der Waals surface area contributed by atoms with Gasteiger partial charge < -0.3 is 10.6 Å². The van der Waals surface area contributed by atoms with Gasteiger partial charge in [0, 0.05) is 19.2 Å². The van der Waals surface area contributed by atoms with E-state index in [4.69, 9.17) is 5.73 Å². The van der Waals surface area contributed by atoms with Gasteiger partial charge in [0.1, 0.15) is 5.82 Å². The second kappa shape index (κ2) is 5.94. The molecule has 0 saturated carbocycles. The fourth-order valence-corrected chi connectivity index (χ4v) is 1.84. The van der Waals surface area contributed by atoms with Gasteiger partial charge in [0.15, 0.2) is 17.5 Å². The maximum absolute atomic E-state index is 13.8. The molecule has 0 radical (unpaired) electrons. The zero-order valence-electron chi connectivity index (χ0n) is 11.6. The molecule has 1 aromatic carbocycles. The Hall–Kier alpha value is -2.38. The van der Waals surface area contributed by atoms with Gasteiger partial charge in [-0.25, -0.2) is 13.2 Å². The number of rotatable bonds is 4. The van der Waals surface area contributed by atoms with Gasteiger partial charge >= 0.3 is 0 Å². The molecule has 0 aliphatic heterocycles. The molecule has 1 heterocycles. The van der Waals surface area contributed by atoms with Crippen LogP contribution in [0.1, 0.15) is 13.8 Å². The number of nitrogens with zero attached hydrogens (tertiary/aromatic N) is 4. The minimum atomic E-state index is -1.28. The molecule has 0 spiro atoms. The van der Waals surface area contributed by atoms with Crippen LogP contribution in [0.25, 0.3) is 11.4 Å². The van der Waals surface area contributed by atoms with Gasteiger partial charge in [-0.1, -0.05) is 0 Å². The summed E-state index contributed by atoms with van der Waals surface area (Å²) in [5.74, 6) is -3.43. The highest BCUT2D eigenvalue weighted by Gasteiger charge is 2.17. The van der Waals surface area contributed by atoms with Crippen LogP contribution in [0.5, 0.6) is 0 Å². The lowest BCUT2D eigenvalue weighted by Gasteiger charge is -2.18. The maximum Gasteiger partial charge on any atom is 0.230 e. The molecule has 5 nitrogen and oxygen atoms in total. The van der Waals surface area contributed by atoms with Gasteiger partial charge in [-0.2, -0.15) is 15.0 Å². The van der Waals surface area contributed by atoms with Gasteiger partial charge in [0.25, 0.3) is 0 Å². The van der Waals surface area contributed by atoms with E-state index < -0.39 is 17.5 Å². The van der Waals surface area contributed by atoms with Gasteiger partial charge in [0.05, 0.1) is 5.56 Å². The topological polar surface area (TPSA) is 67.9 Å². The largest absolute Gasteiger partial charge is 0.368 e. The van der Waals surface area contributed by atoms with Crippen molar-refractivity contribution < 1.29 is 13.2 Å². The lowest BCUT2D eigenvalue weighted by molar-refractivity contribution is 0.496. The van der Waals surface area contributed by atoms with Crippen LogP contribution < -0.4 is 10.6 Å². The lowest BCUT2D eigenvalue weighted by Crippen LogP contribution is -2.25. The molecule has 0 atom stereocenters. The van der Waals surface area contributed by atoms with Crippen LogP contribution >= 0.6 is 0 Å². The fraction of sp³-hybridized carbons (Fsp3) is 0.308. The summed E-state index contributed by atoms with van der Waals surface area (Å²) in [4.78, 5) is 13.6. The molecule has 2 rings (SSSR count). The van der Waals surface area contributed by atoms with Crippen LogP contribution in [0.2, 0.25) is 0 Å². The zero-order chi connectivity index (χ0) is 15.6. The van der Waals surface area contributed by atoms with E-state index in [1.165, 1.54) is 0 Å². The number of hydrogen-bond acceptors (Lipinski definition) is 5. The number of nitrogen functional groups attached to an aromatic ring is 1. The minimum Gasteiger partial charge on any atom is -0.368 e. The summed E-state index contributed by atoms with van der Waals surface area (Å²) in [6.45, 7) is 5.00. The van der Waals surface area contributed by atoms with Crippen LogP contribution in [0.15, 0.2) is 12.1 Å². The average Bonchev–Trinajstić information content (AvgIpc) is 2.43. The van der Waals surface area contributed by atoms with Gasteiger partial charge in [-0.3, -0.25) is 0 Å². The van der Waals surface area contributed by atoms with E-state index >= 15 is 0 Å². The van der Waals surface area contributed by atoms with E-state index in [2.05, 4.69) is 15.0 Å². The molecule has 0 aliphatic rings.